The molecular formula is C28H28F4N4O3. The van der Waals surface area contributed by atoms with Gasteiger partial charge in [-0.2, -0.15) is 18.3 Å². The van der Waals surface area contributed by atoms with E-state index in [4.69, 9.17) is 4.74 Å². The van der Waals surface area contributed by atoms with Gasteiger partial charge in [0.1, 0.15) is 5.82 Å². The van der Waals surface area contributed by atoms with Crippen molar-refractivity contribution in [1.82, 2.24) is 20.4 Å². The van der Waals surface area contributed by atoms with Crippen molar-refractivity contribution in [2.24, 2.45) is 5.41 Å². The van der Waals surface area contributed by atoms with E-state index in [0.29, 0.717) is 30.5 Å². The number of carbonyl (C=O) groups is 2. The number of alkyl halides is 3. The van der Waals surface area contributed by atoms with E-state index >= 15 is 0 Å². The van der Waals surface area contributed by atoms with Gasteiger partial charge in [0, 0.05) is 56.4 Å². The average Bonchev–Trinajstić information content (AvgIpc) is 3.45. The highest BCUT2D eigenvalue weighted by atomic mass is 19.4. The molecule has 2 aliphatic rings. The van der Waals surface area contributed by atoms with Gasteiger partial charge in [-0.05, 0) is 47.6 Å². The summed E-state index contributed by atoms with van der Waals surface area (Å²) in [5, 5.41) is 9.33. The number of aromatic nitrogens is 2. The van der Waals surface area contributed by atoms with Gasteiger partial charge in [-0.1, -0.05) is 30.3 Å². The summed E-state index contributed by atoms with van der Waals surface area (Å²) in [4.78, 5) is 27.4. The summed E-state index contributed by atoms with van der Waals surface area (Å²) >= 11 is 0. The lowest BCUT2D eigenvalue weighted by atomic mass is 9.62. The number of H-pyrrole nitrogens is 1. The third-order valence-electron chi connectivity index (χ3n) is 8.18. The van der Waals surface area contributed by atoms with E-state index in [1.807, 2.05) is 0 Å². The smallest absolute Gasteiger partial charge is 0.356 e. The van der Waals surface area contributed by atoms with Crippen LogP contribution < -0.4 is 5.32 Å². The highest BCUT2D eigenvalue weighted by Crippen LogP contribution is 2.50. The van der Waals surface area contributed by atoms with Gasteiger partial charge >= 0.3 is 6.18 Å². The molecule has 1 spiro atoms. The van der Waals surface area contributed by atoms with Crippen LogP contribution in [0.2, 0.25) is 0 Å². The quantitative estimate of drug-likeness (QED) is 0.462. The number of aromatic amines is 1. The number of nitrogens with zero attached hydrogens (tertiary/aromatic N) is 2. The van der Waals surface area contributed by atoms with Crippen LogP contribution in [0.5, 0.6) is 0 Å². The Bertz CT molecular complexity index is 1340. The molecule has 5 rings (SSSR count). The first-order chi connectivity index (χ1) is 18.6. The maximum absolute atomic E-state index is 14.8. The van der Waals surface area contributed by atoms with Crippen molar-refractivity contribution in [2.75, 3.05) is 26.7 Å². The van der Waals surface area contributed by atoms with E-state index in [2.05, 4.69) is 15.5 Å². The van der Waals surface area contributed by atoms with Gasteiger partial charge in [-0.15, -0.1) is 0 Å². The predicted octanol–water partition coefficient (Wildman–Crippen LogP) is 4.53. The third kappa shape index (κ3) is 4.69. The van der Waals surface area contributed by atoms with Crippen molar-refractivity contribution in [3.63, 3.8) is 0 Å². The highest BCUT2D eigenvalue weighted by molar-refractivity contribution is 5.88. The van der Waals surface area contributed by atoms with Gasteiger partial charge in [-0.3, -0.25) is 14.7 Å². The number of methoxy groups -OCH3 is 1. The first-order valence-electron chi connectivity index (χ1n) is 12.6. The largest absolute Gasteiger partial charge is 0.430 e. The number of ether oxygens (including phenoxy) is 1. The number of nitrogens with one attached hydrogen (secondary N) is 2. The maximum Gasteiger partial charge on any atom is 0.430 e. The molecule has 11 heteroatoms. The van der Waals surface area contributed by atoms with E-state index in [0.717, 1.165) is 12.7 Å². The van der Waals surface area contributed by atoms with E-state index in [1.165, 1.54) is 41.4 Å². The number of amides is 2. The van der Waals surface area contributed by atoms with Crippen LogP contribution in [-0.4, -0.2) is 59.8 Å². The molecule has 0 saturated carbocycles. The number of rotatable bonds is 5. The summed E-state index contributed by atoms with van der Waals surface area (Å²) in [6.45, 7) is 0.378. The Morgan fingerprint density at radius 1 is 1.10 bits per heavy atom. The van der Waals surface area contributed by atoms with Crippen LogP contribution in [0.15, 0.2) is 60.9 Å². The first kappa shape index (κ1) is 26.9. The summed E-state index contributed by atoms with van der Waals surface area (Å²) in [5.41, 5.74) is -2.24. The van der Waals surface area contributed by atoms with Crippen molar-refractivity contribution >= 4 is 11.8 Å². The molecule has 1 aromatic heterocycles. The maximum atomic E-state index is 14.8. The summed E-state index contributed by atoms with van der Waals surface area (Å²) in [6.07, 6.45) is -1.21. The van der Waals surface area contributed by atoms with Crippen molar-refractivity contribution in [3.05, 3.63) is 77.9 Å². The second-order valence-corrected chi connectivity index (χ2v) is 10.2. The predicted molar refractivity (Wildman–Crippen MR) is 134 cm³/mol. The zero-order chi connectivity index (χ0) is 27.8. The zero-order valence-corrected chi connectivity index (χ0v) is 21.2. The van der Waals surface area contributed by atoms with Crippen molar-refractivity contribution < 1.29 is 31.9 Å². The fourth-order valence-electron chi connectivity index (χ4n) is 6.06. The topological polar surface area (TPSA) is 87.3 Å². The molecule has 206 valence electrons. The van der Waals surface area contributed by atoms with Crippen molar-refractivity contribution in [3.8, 4) is 11.1 Å². The Morgan fingerprint density at radius 3 is 2.44 bits per heavy atom. The van der Waals surface area contributed by atoms with Crippen molar-refractivity contribution in [1.29, 1.82) is 0 Å². The minimum absolute atomic E-state index is 0.0203. The summed E-state index contributed by atoms with van der Waals surface area (Å²) in [5.74, 6) is -1.89. The normalized spacial score (nSPS) is 20.9. The van der Waals surface area contributed by atoms with E-state index in [1.54, 1.807) is 24.4 Å². The number of likely N-dealkylation sites (tertiary alicyclic amines) is 1. The molecule has 2 N–H and O–H groups in total. The lowest BCUT2D eigenvalue weighted by molar-refractivity contribution is -0.271. The van der Waals surface area contributed by atoms with Gasteiger partial charge in [0.2, 0.25) is 5.91 Å². The van der Waals surface area contributed by atoms with E-state index < -0.39 is 23.1 Å². The van der Waals surface area contributed by atoms with Crippen molar-refractivity contribution in [2.45, 2.75) is 37.0 Å². The molecule has 2 fully saturated rings. The molecule has 39 heavy (non-hydrogen) atoms. The number of benzene rings is 2. The van der Waals surface area contributed by atoms with Gasteiger partial charge in [0.05, 0.1) is 6.20 Å². The lowest BCUT2D eigenvalue weighted by Crippen LogP contribution is -2.60. The van der Waals surface area contributed by atoms with Crippen LogP contribution >= 0.6 is 0 Å². The molecule has 0 bridgehead atoms. The minimum atomic E-state index is -5.05. The Morgan fingerprint density at radius 2 is 1.82 bits per heavy atom. The zero-order valence-electron chi connectivity index (χ0n) is 21.2. The molecule has 0 radical (unpaired) electrons. The third-order valence-corrected chi connectivity index (χ3v) is 8.18. The van der Waals surface area contributed by atoms with Crippen LogP contribution in [0, 0.1) is 11.2 Å². The lowest BCUT2D eigenvalue weighted by Gasteiger charge is -2.50. The van der Waals surface area contributed by atoms with Gasteiger partial charge in [0.15, 0.2) is 0 Å². The number of hydrogen-bond donors (Lipinski definition) is 2. The van der Waals surface area contributed by atoms with Gasteiger partial charge < -0.3 is 15.0 Å². The van der Waals surface area contributed by atoms with Crippen LogP contribution in [-0.2, 0) is 19.9 Å². The van der Waals surface area contributed by atoms with Crippen LogP contribution in [0.1, 0.15) is 36.3 Å². The monoisotopic (exact) mass is 544 g/mol. The van der Waals surface area contributed by atoms with Crippen LogP contribution in [0.3, 0.4) is 0 Å². The average molecular weight is 545 g/mol. The second kappa shape index (κ2) is 10.1. The molecule has 2 saturated heterocycles. The molecule has 7 nitrogen and oxygen atoms in total. The summed E-state index contributed by atoms with van der Waals surface area (Å²) < 4.78 is 63.0. The van der Waals surface area contributed by atoms with Crippen LogP contribution in [0.25, 0.3) is 11.1 Å². The molecule has 0 aliphatic carbocycles. The van der Waals surface area contributed by atoms with Gasteiger partial charge in [-0.25, -0.2) is 4.39 Å². The van der Waals surface area contributed by atoms with E-state index in [9.17, 15) is 27.2 Å². The molecule has 2 amide bonds. The second-order valence-electron chi connectivity index (χ2n) is 10.2. The molecule has 0 unspecified atom stereocenters. The summed E-state index contributed by atoms with van der Waals surface area (Å²) in [7, 11) is 0.886. The fourth-order valence-corrected chi connectivity index (χ4v) is 6.06. The SMILES string of the molecule is CO[C@](C(=O)N1CCC2(CC1)CC(=O)NC[C@H]2c1ccc(F)cc1)(c1cccc(-c2cn[nH]c2)c1)C(F)(F)F. The number of piperidine rings is 2. The molecule has 2 aromatic carbocycles. The van der Waals surface area contributed by atoms with E-state index in [-0.39, 0.29) is 42.7 Å². The van der Waals surface area contributed by atoms with Crippen LogP contribution in [0.4, 0.5) is 17.6 Å². The molecule has 3 aromatic rings. The molecular weight excluding hydrogens is 516 g/mol. The van der Waals surface area contributed by atoms with Gasteiger partial charge in [0.25, 0.3) is 11.5 Å². The Hall–Kier alpha value is -3.73. The highest BCUT2D eigenvalue weighted by Gasteiger charge is 2.64. The number of halogens is 4. The standard InChI is InChI=1S/C28H28F4N4O3/c1-39-27(28(30,31)32,21-4-2-3-19(13-21)20-15-34-35-16-20)25(38)36-11-9-26(10-12-36)14-24(37)33-17-23(26)18-5-7-22(29)8-6-18/h2-8,13,15-16,23H,9-12,14,17H2,1H3,(H,33,37)(H,34,35)/t23-,27-/m0/s1. The minimum Gasteiger partial charge on any atom is -0.356 e. The number of hydrogen-bond acceptors (Lipinski definition) is 4. The Kier molecular flexibility index (Phi) is 6.96. The Labute approximate surface area is 222 Å². The molecule has 3 heterocycles. The molecule has 2 atom stereocenters. The Balaban J connectivity index is 1.45. The number of carbonyl (C=O) groups excluding carboxylic acids is 2. The fraction of sp³-hybridized carbons (Fsp3) is 0.393. The summed E-state index contributed by atoms with van der Waals surface area (Å²) in [6, 6.07) is 11.7. The first-order valence-corrected chi connectivity index (χ1v) is 12.6. The molecule has 2 aliphatic heterocycles.